The van der Waals surface area contributed by atoms with Crippen LogP contribution in [0.5, 0.6) is 5.75 Å². The number of likely N-dealkylation sites (N-methyl/N-ethyl adjacent to an activating group) is 1. The lowest BCUT2D eigenvalue weighted by Crippen LogP contribution is -2.53. The number of hydrogen-bond donors (Lipinski definition) is 0. The molecule has 3 rings (SSSR count). The highest BCUT2D eigenvalue weighted by molar-refractivity contribution is 5.74. The summed E-state index contributed by atoms with van der Waals surface area (Å²) >= 11 is 0. The van der Waals surface area contributed by atoms with Crippen molar-refractivity contribution in [3.8, 4) is 5.75 Å². The number of rotatable bonds is 2. The van der Waals surface area contributed by atoms with Crippen LogP contribution in [0.25, 0.3) is 0 Å². The number of piperidine rings is 1. The molecule has 0 radical (unpaired) electrons. The van der Waals surface area contributed by atoms with Crippen molar-refractivity contribution >= 4 is 6.03 Å². The van der Waals surface area contributed by atoms with Gasteiger partial charge >= 0.3 is 6.03 Å². The second kappa shape index (κ2) is 7.34. The minimum Gasteiger partial charge on any atom is -0.490 e. The number of carbonyl (C=O) groups is 1. The van der Waals surface area contributed by atoms with Crippen LogP contribution in [0.4, 0.5) is 13.6 Å². The number of halogens is 2. The van der Waals surface area contributed by atoms with Crippen LogP contribution >= 0.6 is 0 Å². The molecule has 0 aromatic heterocycles. The standard InChI is InChI=1S/C17H23F2N3O2/c1-20-8-10-22(11-9-20)17(23)21-6-4-13(5-7-21)24-14-2-3-15(18)16(19)12-14/h2-3,12-13H,4-11H2,1H3. The molecule has 0 aliphatic carbocycles. The minimum atomic E-state index is -0.907. The van der Waals surface area contributed by atoms with Gasteiger partial charge in [0.1, 0.15) is 11.9 Å². The van der Waals surface area contributed by atoms with Crippen LogP contribution < -0.4 is 4.74 Å². The Balaban J connectivity index is 1.48. The van der Waals surface area contributed by atoms with E-state index >= 15 is 0 Å². The molecule has 24 heavy (non-hydrogen) atoms. The van der Waals surface area contributed by atoms with E-state index in [2.05, 4.69) is 11.9 Å². The van der Waals surface area contributed by atoms with E-state index in [4.69, 9.17) is 4.74 Å². The molecule has 2 aliphatic rings. The largest absolute Gasteiger partial charge is 0.490 e. The molecule has 2 amide bonds. The van der Waals surface area contributed by atoms with Crippen molar-refractivity contribution in [2.24, 2.45) is 0 Å². The fourth-order valence-corrected chi connectivity index (χ4v) is 3.11. The monoisotopic (exact) mass is 339 g/mol. The Bertz CT molecular complexity index is 583. The average Bonchev–Trinajstić information content (AvgIpc) is 2.59. The van der Waals surface area contributed by atoms with Gasteiger partial charge < -0.3 is 19.4 Å². The molecule has 1 aromatic carbocycles. The van der Waals surface area contributed by atoms with Crippen LogP contribution in [-0.4, -0.2) is 73.2 Å². The van der Waals surface area contributed by atoms with Crippen LogP contribution in [0.3, 0.4) is 0 Å². The highest BCUT2D eigenvalue weighted by Crippen LogP contribution is 2.22. The fourth-order valence-electron chi connectivity index (χ4n) is 3.11. The first-order chi connectivity index (χ1) is 11.5. The number of nitrogens with zero attached hydrogens (tertiary/aromatic N) is 3. The molecule has 5 nitrogen and oxygen atoms in total. The summed E-state index contributed by atoms with van der Waals surface area (Å²) in [4.78, 5) is 18.5. The molecule has 1 aromatic rings. The van der Waals surface area contributed by atoms with Crippen molar-refractivity contribution in [1.82, 2.24) is 14.7 Å². The molecule has 0 bridgehead atoms. The summed E-state index contributed by atoms with van der Waals surface area (Å²) in [6.45, 7) is 4.59. The normalized spacial score (nSPS) is 20.3. The number of carbonyl (C=O) groups excluding carboxylic acids is 1. The molecule has 0 atom stereocenters. The van der Waals surface area contributed by atoms with E-state index in [1.54, 1.807) is 0 Å². The SMILES string of the molecule is CN1CCN(C(=O)N2CCC(Oc3ccc(F)c(F)c3)CC2)CC1. The molecule has 2 heterocycles. The number of piperazine rings is 1. The quantitative estimate of drug-likeness (QED) is 0.829. The molecule has 0 spiro atoms. The zero-order chi connectivity index (χ0) is 17.1. The summed E-state index contributed by atoms with van der Waals surface area (Å²) in [5.74, 6) is -1.46. The van der Waals surface area contributed by atoms with Crippen LogP contribution in [0.15, 0.2) is 18.2 Å². The van der Waals surface area contributed by atoms with Gasteiger partial charge in [0.25, 0.3) is 0 Å². The van der Waals surface area contributed by atoms with Crippen molar-refractivity contribution in [3.05, 3.63) is 29.8 Å². The number of hydrogen-bond acceptors (Lipinski definition) is 3. The average molecular weight is 339 g/mol. The molecule has 0 N–H and O–H groups in total. The maximum Gasteiger partial charge on any atom is 0.320 e. The summed E-state index contributed by atoms with van der Waals surface area (Å²) in [7, 11) is 2.06. The number of benzene rings is 1. The van der Waals surface area contributed by atoms with E-state index in [9.17, 15) is 13.6 Å². The van der Waals surface area contributed by atoms with Gasteiger partial charge in [0.2, 0.25) is 0 Å². The lowest BCUT2D eigenvalue weighted by atomic mass is 10.1. The topological polar surface area (TPSA) is 36.0 Å². The molecule has 2 saturated heterocycles. The Morgan fingerprint density at radius 2 is 1.62 bits per heavy atom. The van der Waals surface area contributed by atoms with Gasteiger partial charge in [-0.1, -0.05) is 0 Å². The third-order valence-electron chi connectivity index (χ3n) is 4.68. The molecule has 0 unspecified atom stereocenters. The van der Waals surface area contributed by atoms with Gasteiger partial charge in [-0.25, -0.2) is 13.6 Å². The Morgan fingerprint density at radius 3 is 2.25 bits per heavy atom. The molecule has 0 saturated carbocycles. The first-order valence-electron chi connectivity index (χ1n) is 8.37. The first kappa shape index (κ1) is 17.0. The van der Waals surface area contributed by atoms with Crippen molar-refractivity contribution in [3.63, 3.8) is 0 Å². The molecular weight excluding hydrogens is 316 g/mol. The van der Waals surface area contributed by atoms with E-state index in [0.29, 0.717) is 31.7 Å². The van der Waals surface area contributed by atoms with Crippen molar-refractivity contribution < 1.29 is 18.3 Å². The molecule has 2 fully saturated rings. The number of amides is 2. The van der Waals surface area contributed by atoms with Crippen LogP contribution in [0.2, 0.25) is 0 Å². The number of likely N-dealkylation sites (tertiary alicyclic amines) is 1. The first-order valence-corrected chi connectivity index (χ1v) is 8.37. The summed E-state index contributed by atoms with van der Waals surface area (Å²) < 4.78 is 31.9. The van der Waals surface area contributed by atoms with Crippen molar-refractivity contribution in [2.75, 3.05) is 46.3 Å². The van der Waals surface area contributed by atoms with Gasteiger partial charge in [-0.05, 0) is 19.2 Å². The Labute approximate surface area is 140 Å². The summed E-state index contributed by atoms with van der Waals surface area (Å²) in [6, 6.07) is 3.66. The van der Waals surface area contributed by atoms with Gasteiger partial charge in [-0.3, -0.25) is 0 Å². The predicted octanol–water partition coefficient (Wildman–Crippen LogP) is 2.18. The Hall–Kier alpha value is -1.89. The summed E-state index contributed by atoms with van der Waals surface area (Å²) in [6.07, 6.45) is 1.31. The van der Waals surface area contributed by atoms with E-state index in [1.807, 2.05) is 9.80 Å². The molecule has 7 heteroatoms. The van der Waals surface area contributed by atoms with Gasteiger partial charge in [0.15, 0.2) is 11.6 Å². The van der Waals surface area contributed by atoms with Crippen LogP contribution in [-0.2, 0) is 0 Å². The van der Waals surface area contributed by atoms with Crippen LogP contribution in [0, 0.1) is 11.6 Å². The highest BCUT2D eigenvalue weighted by atomic mass is 19.2. The number of ether oxygens (including phenoxy) is 1. The van der Waals surface area contributed by atoms with Crippen molar-refractivity contribution in [2.45, 2.75) is 18.9 Å². The third kappa shape index (κ3) is 3.95. The van der Waals surface area contributed by atoms with E-state index in [-0.39, 0.29) is 12.1 Å². The van der Waals surface area contributed by atoms with Crippen LogP contribution in [0.1, 0.15) is 12.8 Å². The Kier molecular flexibility index (Phi) is 5.18. The van der Waals surface area contributed by atoms with Gasteiger partial charge in [-0.2, -0.15) is 0 Å². The third-order valence-corrected chi connectivity index (χ3v) is 4.68. The lowest BCUT2D eigenvalue weighted by molar-refractivity contribution is 0.0838. The maximum absolute atomic E-state index is 13.2. The minimum absolute atomic E-state index is 0.0774. The van der Waals surface area contributed by atoms with E-state index in [0.717, 1.165) is 38.3 Å². The predicted molar refractivity (Wildman–Crippen MR) is 86.0 cm³/mol. The highest BCUT2D eigenvalue weighted by Gasteiger charge is 2.28. The lowest BCUT2D eigenvalue weighted by Gasteiger charge is -2.38. The second-order valence-electron chi connectivity index (χ2n) is 6.45. The van der Waals surface area contributed by atoms with Gasteiger partial charge in [0, 0.05) is 58.2 Å². The summed E-state index contributed by atoms with van der Waals surface area (Å²) in [5, 5.41) is 0. The molecule has 2 aliphatic heterocycles. The van der Waals surface area contributed by atoms with Gasteiger partial charge in [0.05, 0.1) is 0 Å². The molecular formula is C17H23F2N3O2. The van der Waals surface area contributed by atoms with E-state index < -0.39 is 11.6 Å². The second-order valence-corrected chi connectivity index (χ2v) is 6.45. The zero-order valence-electron chi connectivity index (χ0n) is 13.9. The Morgan fingerprint density at radius 1 is 1.00 bits per heavy atom. The maximum atomic E-state index is 13.2. The molecule has 132 valence electrons. The van der Waals surface area contributed by atoms with E-state index in [1.165, 1.54) is 6.07 Å². The number of urea groups is 1. The fraction of sp³-hybridized carbons (Fsp3) is 0.588. The summed E-state index contributed by atoms with van der Waals surface area (Å²) in [5.41, 5.74) is 0. The smallest absolute Gasteiger partial charge is 0.320 e. The van der Waals surface area contributed by atoms with Gasteiger partial charge in [-0.15, -0.1) is 0 Å². The van der Waals surface area contributed by atoms with Crippen molar-refractivity contribution in [1.29, 1.82) is 0 Å². The zero-order valence-corrected chi connectivity index (χ0v) is 13.9.